The van der Waals surface area contributed by atoms with Gasteiger partial charge < -0.3 is 15.8 Å². The van der Waals surface area contributed by atoms with Gasteiger partial charge in [0.15, 0.2) is 0 Å². The molecule has 0 spiro atoms. The van der Waals surface area contributed by atoms with E-state index >= 15 is 0 Å². The Kier molecular flexibility index (Phi) is 5.99. The third-order valence-electron chi connectivity index (χ3n) is 2.81. The van der Waals surface area contributed by atoms with Crippen LogP contribution in [0.5, 0.6) is 5.75 Å². The lowest BCUT2D eigenvalue weighted by atomic mass is 10.0. The average Bonchev–Trinajstić information content (AvgIpc) is 2.38. The smallest absolute Gasteiger partial charge is 0.238 e. The normalized spacial score (nSPS) is 12.0. The highest BCUT2D eigenvalue weighted by Gasteiger charge is 2.19. The van der Waals surface area contributed by atoms with Gasteiger partial charge in [-0.2, -0.15) is 0 Å². The zero-order valence-electron chi connectivity index (χ0n) is 12.0. The summed E-state index contributed by atoms with van der Waals surface area (Å²) in [6.45, 7) is 3.74. The van der Waals surface area contributed by atoms with Gasteiger partial charge >= 0.3 is 0 Å². The van der Waals surface area contributed by atoms with E-state index in [1.165, 1.54) is 0 Å². The highest BCUT2D eigenvalue weighted by atomic mass is 16.5. The van der Waals surface area contributed by atoms with Gasteiger partial charge in [-0.1, -0.05) is 19.9 Å². The van der Waals surface area contributed by atoms with Crippen LogP contribution in [0, 0.1) is 5.92 Å². The monoisotopic (exact) mass is 279 g/mol. The van der Waals surface area contributed by atoms with Crippen LogP contribution in [-0.2, 0) is 9.59 Å². The van der Waals surface area contributed by atoms with Crippen molar-refractivity contribution in [1.82, 2.24) is 5.32 Å². The lowest BCUT2D eigenvalue weighted by molar-refractivity contribution is -0.121. The minimum Gasteiger partial charge on any atom is -0.497 e. The molecular weight excluding hydrogens is 258 g/mol. The van der Waals surface area contributed by atoms with Gasteiger partial charge in [0.05, 0.1) is 19.7 Å². The first-order chi connectivity index (χ1) is 9.43. The largest absolute Gasteiger partial charge is 0.497 e. The van der Waals surface area contributed by atoms with Crippen LogP contribution in [0.4, 0.5) is 5.69 Å². The van der Waals surface area contributed by atoms with Crippen molar-refractivity contribution in [2.75, 3.05) is 19.0 Å². The highest BCUT2D eigenvalue weighted by Crippen LogP contribution is 2.16. The van der Waals surface area contributed by atoms with Crippen LogP contribution in [0.3, 0.4) is 0 Å². The molecule has 0 bridgehead atoms. The van der Waals surface area contributed by atoms with Gasteiger partial charge in [-0.3, -0.25) is 14.9 Å². The zero-order chi connectivity index (χ0) is 15.1. The first-order valence-corrected chi connectivity index (χ1v) is 6.40. The van der Waals surface area contributed by atoms with E-state index in [1.807, 2.05) is 13.8 Å². The van der Waals surface area contributed by atoms with Crippen molar-refractivity contribution >= 4 is 17.5 Å². The van der Waals surface area contributed by atoms with E-state index in [9.17, 15) is 9.59 Å². The van der Waals surface area contributed by atoms with E-state index in [4.69, 9.17) is 10.5 Å². The molecule has 4 N–H and O–H groups in total. The molecule has 1 rings (SSSR count). The van der Waals surface area contributed by atoms with Crippen molar-refractivity contribution in [3.63, 3.8) is 0 Å². The van der Waals surface area contributed by atoms with Gasteiger partial charge in [-0.25, -0.2) is 0 Å². The number of nitrogens with two attached hydrogens (primary N) is 1. The van der Waals surface area contributed by atoms with Crippen LogP contribution in [0.25, 0.3) is 0 Å². The fourth-order valence-corrected chi connectivity index (χ4v) is 1.77. The number of rotatable bonds is 7. The Balaban J connectivity index is 2.53. The molecular formula is C14H21N3O3. The molecule has 0 radical (unpaired) electrons. The standard InChI is InChI=1S/C14H21N3O3/c1-9(2)13(14(15)19)16-8-12(18)17-10-5-4-6-11(7-10)20-3/h4-7,9,13,16H,8H2,1-3H3,(H2,15,19)(H,17,18). The minimum absolute atomic E-state index is 0.0169. The quantitative estimate of drug-likeness (QED) is 0.686. The summed E-state index contributed by atoms with van der Waals surface area (Å²) < 4.78 is 5.07. The number of ether oxygens (including phenoxy) is 1. The van der Waals surface area contributed by atoms with Crippen LogP contribution in [0.2, 0.25) is 0 Å². The molecule has 1 atom stereocenters. The number of anilines is 1. The zero-order valence-corrected chi connectivity index (χ0v) is 12.0. The average molecular weight is 279 g/mol. The maximum Gasteiger partial charge on any atom is 0.238 e. The predicted octanol–water partition coefficient (Wildman–Crippen LogP) is 0.733. The Hall–Kier alpha value is -2.08. The predicted molar refractivity (Wildman–Crippen MR) is 77.4 cm³/mol. The van der Waals surface area contributed by atoms with E-state index in [2.05, 4.69) is 10.6 Å². The van der Waals surface area contributed by atoms with E-state index in [1.54, 1.807) is 31.4 Å². The number of nitrogens with one attached hydrogen (secondary N) is 2. The Bertz CT molecular complexity index is 474. The molecule has 0 saturated carbocycles. The molecule has 110 valence electrons. The molecule has 20 heavy (non-hydrogen) atoms. The molecule has 0 saturated heterocycles. The van der Waals surface area contributed by atoms with Gasteiger partial charge in [0.2, 0.25) is 11.8 Å². The first-order valence-electron chi connectivity index (χ1n) is 6.40. The second kappa shape index (κ2) is 7.49. The summed E-state index contributed by atoms with van der Waals surface area (Å²) in [5.74, 6) is -0.0237. The molecule has 2 amide bonds. The number of benzene rings is 1. The van der Waals surface area contributed by atoms with Crippen LogP contribution < -0.4 is 21.1 Å². The van der Waals surface area contributed by atoms with Crippen molar-refractivity contribution in [3.05, 3.63) is 24.3 Å². The number of carbonyl (C=O) groups excluding carboxylic acids is 2. The second-order valence-corrected chi connectivity index (χ2v) is 4.79. The van der Waals surface area contributed by atoms with Crippen molar-refractivity contribution in [1.29, 1.82) is 0 Å². The Morgan fingerprint density at radius 2 is 2.05 bits per heavy atom. The SMILES string of the molecule is COc1cccc(NC(=O)CNC(C(N)=O)C(C)C)c1. The molecule has 0 aliphatic heterocycles. The van der Waals surface area contributed by atoms with E-state index in [-0.39, 0.29) is 18.4 Å². The van der Waals surface area contributed by atoms with Gasteiger partial charge in [-0.15, -0.1) is 0 Å². The number of methoxy groups -OCH3 is 1. The number of amides is 2. The lowest BCUT2D eigenvalue weighted by Crippen LogP contribution is -2.47. The molecule has 0 aliphatic carbocycles. The summed E-state index contributed by atoms with van der Waals surface area (Å²) in [5.41, 5.74) is 5.90. The topological polar surface area (TPSA) is 93.4 Å². The molecule has 1 unspecified atom stereocenters. The third-order valence-corrected chi connectivity index (χ3v) is 2.81. The summed E-state index contributed by atoms with van der Waals surface area (Å²) in [6.07, 6.45) is 0. The van der Waals surface area contributed by atoms with Crippen molar-refractivity contribution in [3.8, 4) is 5.75 Å². The van der Waals surface area contributed by atoms with Crippen molar-refractivity contribution < 1.29 is 14.3 Å². The van der Waals surface area contributed by atoms with Crippen LogP contribution in [-0.4, -0.2) is 31.5 Å². The van der Waals surface area contributed by atoms with Crippen molar-refractivity contribution in [2.24, 2.45) is 11.7 Å². The van der Waals surface area contributed by atoms with Crippen molar-refractivity contribution in [2.45, 2.75) is 19.9 Å². The maximum absolute atomic E-state index is 11.8. The van der Waals surface area contributed by atoms with E-state index in [0.717, 1.165) is 0 Å². The number of hydrogen-bond donors (Lipinski definition) is 3. The number of carbonyl (C=O) groups is 2. The third kappa shape index (κ3) is 4.89. The minimum atomic E-state index is -0.522. The number of primary amides is 1. The van der Waals surface area contributed by atoms with E-state index < -0.39 is 11.9 Å². The Morgan fingerprint density at radius 1 is 1.35 bits per heavy atom. The fraction of sp³-hybridized carbons (Fsp3) is 0.429. The summed E-state index contributed by atoms with van der Waals surface area (Å²) in [5, 5.41) is 5.57. The molecule has 0 aromatic heterocycles. The summed E-state index contributed by atoms with van der Waals surface area (Å²) >= 11 is 0. The summed E-state index contributed by atoms with van der Waals surface area (Å²) in [4.78, 5) is 23.0. The maximum atomic E-state index is 11.8. The first kappa shape index (κ1) is 16.0. The molecule has 0 fully saturated rings. The second-order valence-electron chi connectivity index (χ2n) is 4.79. The molecule has 0 aliphatic rings. The molecule has 6 heteroatoms. The highest BCUT2D eigenvalue weighted by molar-refractivity contribution is 5.93. The van der Waals surface area contributed by atoms with Crippen LogP contribution >= 0.6 is 0 Å². The number of hydrogen-bond acceptors (Lipinski definition) is 4. The van der Waals surface area contributed by atoms with Crippen LogP contribution in [0.1, 0.15) is 13.8 Å². The summed E-state index contributed by atoms with van der Waals surface area (Å²) in [6, 6.07) is 6.52. The van der Waals surface area contributed by atoms with Gasteiger partial charge in [0.1, 0.15) is 5.75 Å². The fourth-order valence-electron chi connectivity index (χ4n) is 1.77. The van der Waals surface area contributed by atoms with Gasteiger partial charge in [-0.05, 0) is 18.1 Å². The van der Waals surface area contributed by atoms with Crippen LogP contribution in [0.15, 0.2) is 24.3 Å². The molecule has 6 nitrogen and oxygen atoms in total. The summed E-state index contributed by atoms with van der Waals surface area (Å²) in [7, 11) is 1.56. The molecule has 1 aromatic carbocycles. The molecule has 1 aromatic rings. The Labute approximate surface area is 118 Å². The van der Waals surface area contributed by atoms with E-state index in [0.29, 0.717) is 11.4 Å². The Morgan fingerprint density at radius 3 is 2.60 bits per heavy atom. The molecule has 0 heterocycles. The van der Waals surface area contributed by atoms with Gasteiger partial charge in [0, 0.05) is 11.8 Å². The van der Waals surface area contributed by atoms with Gasteiger partial charge in [0.25, 0.3) is 0 Å². The lowest BCUT2D eigenvalue weighted by Gasteiger charge is -2.18.